The van der Waals surface area contributed by atoms with Crippen LogP contribution in [0.2, 0.25) is 0 Å². The molecule has 2 aliphatic rings. The largest absolute Gasteiger partial charge is 0.496 e. The van der Waals surface area contributed by atoms with Crippen LogP contribution in [0, 0.1) is 24.7 Å². The lowest BCUT2D eigenvalue weighted by Crippen LogP contribution is -2.41. The van der Waals surface area contributed by atoms with Crippen molar-refractivity contribution in [2.75, 3.05) is 18.6 Å². The molecular formula is C36H49N3O2. The molecule has 0 radical (unpaired) electrons. The summed E-state index contributed by atoms with van der Waals surface area (Å²) in [7, 11) is 1.74. The second kappa shape index (κ2) is 13.3. The first-order valence-electron chi connectivity index (χ1n) is 16.0. The van der Waals surface area contributed by atoms with E-state index in [2.05, 4.69) is 86.4 Å². The predicted octanol–water partition coefficient (Wildman–Crippen LogP) is 8.97. The lowest BCUT2D eigenvalue weighted by Gasteiger charge is -2.36. The number of benzene rings is 2. The number of ether oxygens (including phenoxy) is 1. The molecule has 0 atom stereocenters. The maximum atomic E-state index is 14.2. The summed E-state index contributed by atoms with van der Waals surface area (Å²) < 4.78 is 7.48. The molecule has 0 bridgehead atoms. The number of amides is 1. The Morgan fingerprint density at radius 1 is 0.976 bits per heavy atom. The van der Waals surface area contributed by atoms with E-state index < -0.39 is 0 Å². The maximum absolute atomic E-state index is 14.2. The van der Waals surface area contributed by atoms with E-state index >= 15 is 0 Å². The van der Waals surface area contributed by atoms with Crippen molar-refractivity contribution < 1.29 is 9.53 Å². The number of aromatic nitrogens is 2. The molecule has 2 fully saturated rings. The zero-order valence-corrected chi connectivity index (χ0v) is 25.8. The normalized spacial score (nSPS) is 23.0. The van der Waals surface area contributed by atoms with E-state index in [9.17, 15) is 4.79 Å². The van der Waals surface area contributed by atoms with Crippen LogP contribution in [-0.2, 0) is 4.79 Å². The van der Waals surface area contributed by atoms with Gasteiger partial charge in [-0.3, -0.25) is 9.48 Å². The monoisotopic (exact) mass is 555 g/mol. The molecule has 2 saturated carbocycles. The minimum atomic E-state index is 0.142. The first-order valence-corrected chi connectivity index (χ1v) is 16.0. The molecule has 1 amide bonds. The lowest BCUT2D eigenvalue weighted by atomic mass is 9.77. The van der Waals surface area contributed by atoms with Gasteiger partial charge >= 0.3 is 0 Å². The van der Waals surface area contributed by atoms with Gasteiger partial charge in [0.1, 0.15) is 5.75 Å². The van der Waals surface area contributed by atoms with Crippen molar-refractivity contribution in [1.29, 1.82) is 0 Å². The molecule has 5 heteroatoms. The third kappa shape index (κ3) is 6.88. The van der Waals surface area contributed by atoms with Gasteiger partial charge in [0.05, 0.1) is 13.3 Å². The molecule has 0 aliphatic heterocycles. The zero-order chi connectivity index (χ0) is 28.9. The smallest absolute Gasteiger partial charge is 0.230 e. The van der Waals surface area contributed by atoms with Crippen LogP contribution < -0.4 is 9.64 Å². The fourth-order valence-electron chi connectivity index (χ4n) is 7.08. The molecule has 0 unspecified atom stereocenters. The van der Waals surface area contributed by atoms with Gasteiger partial charge in [0.15, 0.2) is 0 Å². The number of hydrogen-bond donors (Lipinski definition) is 0. The molecule has 0 spiro atoms. The minimum Gasteiger partial charge on any atom is -0.496 e. The molecule has 0 saturated heterocycles. The molecule has 3 aromatic rings. The van der Waals surface area contributed by atoms with Crippen molar-refractivity contribution in [1.82, 2.24) is 9.78 Å². The number of carbonyl (C=O) groups is 1. The number of methoxy groups -OCH3 is 1. The van der Waals surface area contributed by atoms with Crippen LogP contribution in [-0.4, -0.2) is 29.3 Å². The average molecular weight is 556 g/mol. The van der Waals surface area contributed by atoms with Gasteiger partial charge in [-0.15, -0.1) is 0 Å². The SMILES string of the molecule is CCC1CCC(C(=O)N(CC2CCC(c3ccc(OC)c(C)c3)CC2)c2cccc(-c3cnn(C(C)C)c3)c2)CC1. The van der Waals surface area contributed by atoms with Gasteiger partial charge in [0.25, 0.3) is 0 Å². The molecule has 1 aromatic heterocycles. The molecule has 5 nitrogen and oxygen atoms in total. The second-order valence-corrected chi connectivity index (χ2v) is 12.9. The lowest BCUT2D eigenvalue weighted by molar-refractivity contribution is -0.123. The van der Waals surface area contributed by atoms with E-state index in [-0.39, 0.29) is 5.92 Å². The zero-order valence-electron chi connectivity index (χ0n) is 25.8. The fourth-order valence-corrected chi connectivity index (χ4v) is 7.08. The highest BCUT2D eigenvalue weighted by molar-refractivity contribution is 5.95. The summed E-state index contributed by atoms with van der Waals surface area (Å²) in [5.41, 5.74) is 5.90. The number of nitrogens with zero attached hydrogens (tertiary/aromatic N) is 3. The van der Waals surface area contributed by atoms with Gasteiger partial charge < -0.3 is 9.64 Å². The Kier molecular flexibility index (Phi) is 9.52. The van der Waals surface area contributed by atoms with Crippen LogP contribution in [0.3, 0.4) is 0 Å². The first-order chi connectivity index (χ1) is 19.9. The predicted molar refractivity (Wildman–Crippen MR) is 169 cm³/mol. The Morgan fingerprint density at radius 2 is 1.71 bits per heavy atom. The van der Waals surface area contributed by atoms with E-state index in [4.69, 9.17) is 4.74 Å². The van der Waals surface area contributed by atoms with E-state index in [1.54, 1.807) is 7.11 Å². The summed E-state index contributed by atoms with van der Waals surface area (Å²) in [5.74, 6) is 3.33. The summed E-state index contributed by atoms with van der Waals surface area (Å²) in [6, 6.07) is 15.6. The van der Waals surface area contributed by atoms with Crippen LogP contribution in [0.15, 0.2) is 54.9 Å². The molecule has 220 valence electrons. The molecule has 5 rings (SSSR count). The topological polar surface area (TPSA) is 47.4 Å². The van der Waals surface area contributed by atoms with Gasteiger partial charge in [0.2, 0.25) is 5.91 Å². The second-order valence-electron chi connectivity index (χ2n) is 12.9. The van der Waals surface area contributed by atoms with Gasteiger partial charge in [-0.1, -0.05) is 37.6 Å². The Balaban J connectivity index is 1.33. The number of aryl methyl sites for hydroxylation is 1. The molecular weight excluding hydrogens is 506 g/mol. The van der Waals surface area contributed by atoms with E-state index in [0.29, 0.717) is 23.8 Å². The van der Waals surface area contributed by atoms with Gasteiger partial charge in [-0.25, -0.2) is 0 Å². The maximum Gasteiger partial charge on any atom is 0.230 e. The van der Waals surface area contributed by atoms with Crippen molar-refractivity contribution >= 4 is 11.6 Å². The molecule has 2 aliphatic carbocycles. The van der Waals surface area contributed by atoms with Crippen molar-refractivity contribution in [3.63, 3.8) is 0 Å². The van der Waals surface area contributed by atoms with Crippen LogP contribution in [0.25, 0.3) is 11.1 Å². The highest BCUT2D eigenvalue weighted by atomic mass is 16.5. The summed E-state index contributed by atoms with van der Waals surface area (Å²) in [6.07, 6.45) is 14.4. The Morgan fingerprint density at radius 3 is 2.34 bits per heavy atom. The van der Waals surface area contributed by atoms with E-state index in [1.807, 2.05) is 10.9 Å². The molecule has 2 aromatic carbocycles. The third-order valence-electron chi connectivity index (χ3n) is 9.84. The van der Waals surface area contributed by atoms with Gasteiger partial charge in [-0.2, -0.15) is 5.10 Å². The highest BCUT2D eigenvalue weighted by Crippen LogP contribution is 2.39. The summed E-state index contributed by atoms with van der Waals surface area (Å²) in [6.45, 7) is 9.52. The van der Waals surface area contributed by atoms with Gasteiger partial charge in [-0.05, 0) is 125 Å². The average Bonchev–Trinajstić information content (AvgIpc) is 3.51. The van der Waals surface area contributed by atoms with Crippen molar-refractivity contribution in [2.45, 2.75) is 97.4 Å². The number of anilines is 1. The Labute approximate surface area is 247 Å². The Hall–Kier alpha value is -3.08. The minimum absolute atomic E-state index is 0.142. The van der Waals surface area contributed by atoms with Crippen molar-refractivity contribution in [3.05, 3.63) is 66.0 Å². The van der Waals surface area contributed by atoms with Crippen molar-refractivity contribution in [2.24, 2.45) is 17.8 Å². The molecule has 1 heterocycles. The van der Waals surface area contributed by atoms with E-state index in [0.717, 1.165) is 60.7 Å². The molecule has 41 heavy (non-hydrogen) atoms. The number of carbonyl (C=O) groups excluding carboxylic acids is 1. The van der Waals surface area contributed by atoms with Crippen LogP contribution >= 0.6 is 0 Å². The van der Waals surface area contributed by atoms with Crippen LogP contribution in [0.4, 0.5) is 5.69 Å². The first kappa shape index (κ1) is 29.4. The number of rotatable bonds is 9. The standard InChI is InChI=1S/C36H49N3O2/c1-6-27-10-16-30(17-11-27)36(40)38(34-9-7-8-31(21-34)33-22-37-39(24-33)25(2)3)23-28-12-14-29(15-13-28)32-18-19-35(41-5)26(4)20-32/h7-9,18-22,24-25,27-30H,6,10-17,23H2,1-5H3. The fraction of sp³-hybridized carbons (Fsp3) is 0.556. The van der Waals surface area contributed by atoms with Crippen LogP contribution in [0.5, 0.6) is 5.75 Å². The van der Waals surface area contributed by atoms with Crippen molar-refractivity contribution in [3.8, 4) is 16.9 Å². The molecule has 0 N–H and O–H groups in total. The highest BCUT2D eigenvalue weighted by Gasteiger charge is 2.32. The van der Waals surface area contributed by atoms with E-state index in [1.165, 1.54) is 43.2 Å². The summed E-state index contributed by atoms with van der Waals surface area (Å²) in [4.78, 5) is 16.4. The third-order valence-corrected chi connectivity index (χ3v) is 9.84. The Bertz CT molecular complexity index is 1300. The summed E-state index contributed by atoms with van der Waals surface area (Å²) in [5, 5.41) is 4.56. The quantitative estimate of drug-likeness (QED) is 0.265. The summed E-state index contributed by atoms with van der Waals surface area (Å²) >= 11 is 0. The van der Waals surface area contributed by atoms with Gasteiger partial charge in [0, 0.05) is 36.0 Å². The van der Waals surface area contributed by atoms with Crippen LogP contribution in [0.1, 0.15) is 102 Å². The number of hydrogen-bond acceptors (Lipinski definition) is 3.